The van der Waals surface area contributed by atoms with E-state index in [2.05, 4.69) is 52.8 Å². The number of hydrogen-bond acceptors (Lipinski definition) is 1. The second-order valence-corrected chi connectivity index (χ2v) is 11.6. The molecule has 4 aliphatic carbocycles. The normalized spacial score (nSPS) is 45.3. The summed E-state index contributed by atoms with van der Waals surface area (Å²) in [6.07, 6.45) is 17.9. The maximum atomic E-state index is 10.1. The van der Waals surface area contributed by atoms with Gasteiger partial charge in [-0.25, -0.2) is 0 Å². The largest absolute Gasteiger partial charge is 0.393 e. The predicted molar refractivity (Wildman–Crippen MR) is 119 cm³/mol. The van der Waals surface area contributed by atoms with Gasteiger partial charge in [0.2, 0.25) is 0 Å². The molecule has 9 unspecified atom stereocenters. The molecular weight excluding hydrogens is 340 g/mol. The molecule has 3 saturated carbocycles. The van der Waals surface area contributed by atoms with E-state index in [0.29, 0.717) is 17.3 Å². The molecule has 4 aliphatic rings. The fraction of sp³-hybridized carbons (Fsp3) is 0.852. The van der Waals surface area contributed by atoms with Crippen LogP contribution in [0.1, 0.15) is 86.0 Å². The van der Waals surface area contributed by atoms with E-state index in [1.807, 2.05) is 0 Å². The molecule has 0 saturated heterocycles. The SMILES string of the molecule is CC(C)C(C)C=CC(C)C1CCC2C3CC=C4CC(O)CCC4C3CCC12C. The summed E-state index contributed by atoms with van der Waals surface area (Å²) in [5, 5.41) is 10.1. The van der Waals surface area contributed by atoms with Gasteiger partial charge in [0.1, 0.15) is 0 Å². The lowest BCUT2D eigenvalue weighted by atomic mass is 9.51. The van der Waals surface area contributed by atoms with Crippen LogP contribution in [0.25, 0.3) is 0 Å². The van der Waals surface area contributed by atoms with Gasteiger partial charge in [0.15, 0.2) is 0 Å². The molecule has 0 bridgehead atoms. The molecule has 0 aliphatic heterocycles. The highest BCUT2D eigenvalue weighted by Crippen LogP contribution is 2.64. The van der Waals surface area contributed by atoms with Crippen LogP contribution in [0.4, 0.5) is 0 Å². The highest BCUT2D eigenvalue weighted by molar-refractivity contribution is 5.20. The lowest BCUT2D eigenvalue weighted by Gasteiger charge is -2.54. The third-order valence-electron chi connectivity index (χ3n) is 9.90. The first-order valence-electron chi connectivity index (χ1n) is 12.4. The molecule has 158 valence electrons. The van der Waals surface area contributed by atoms with E-state index in [-0.39, 0.29) is 6.10 Å². The first-order chi connectivity index (χ1) is 13.3. The zero-order valence-corrected chi connectivity index (χ0v) is 19.0. The van der Waals surface area contributed by atoms with Crippen molar-refractivity contribution in [1.29, 1.82) is 0 Å². The van der Waals surface area contributed by atoms with Gasteiger partial charge in [-0.05, 0) is 104 Å². The number of aliphatic hydroxyl groups is 1. The molecule has 4 rings (SSSR count). The van der Waals surface area contributed by atoms with E-state index >= 15 is 0 Å². The van der Waals surface area contributed by atoms with Gasteiger partial charge in [-0.1, -0.05) is 58.4 Å². The van der Waals surface area contributed by atoms with E-state index in [0.717, 1.165) is 48.3 Å². The maximum absolute atomic E-state index is 10.1. The summed E-state index contributed by atoms with van der Waals surface area (Å²) in [7, 11) is 0. The first kappa shape index (κ1) is 20.7. The molecule has 1 heteroatoms. The van der Waals surface area contributed by atoms with Crippen molar-refractivity contribution >= 4 is 0 Å². The van der Waals surface area contributed by atoms with Crippen LogP contribution >= 0.6 is 0 Å². The second-order valence-electron chi connectivity index (χ2n) is 11.6. The first-order valence-corrected chi connectivity index (χ1v) is 12.4. The van der Waals surface area contributed by atoms with Gasteiger partial charge < -0.3 is 5.11 Å². The zero-order valence-electron chi connectivity index (χ0n) is 19.0. The average molecular weight is 385 g/mol. The minimum atomic E-state index is -0.0652. The highest BCUT2D eigenvalue weighted by Gasteiger charge is 2.56. The Morgan fingerprint density at radius 3 is 2.54 bits per heavy atom. The molecule has 3 fully saturated rings. The average Bonchev–Trinajstić information content (AvgIpc) is 3.02. The molecule has 0 aromatic carbocycles. The van der Waals surface area contributed by atoms with Crippen molar-refractivity contribution in [2.45, 2.75) is 92.1 Å². The lowest BCUT2D eigenvalue weighted by Crippen LogP contribution is -2.46. The highest BCUT2D eigenvalue weighted by atomic mass is 16.3. The van der Waals surface area contributed by atoms with Crippen LogP contribution in [0, 0.1) is 52.8 Å². The van der Waals surface area contributed by atoms with Gasteiger partial charge in [-0.3, -0.25) is 0 Å². The number of allylic oxidation sites excluding steroid dienone is 3. The minimum Gasteiger partial charge on any atom is -0.393 e. The molecule has 0 radical (unpaired) electrons. The Labute approximate surface area is 174 Å². The van der Waals surface area contributed by atoms with Gasteiger partial charge >= 0.3 is 0 Å². The topological polar surface area (TPSA) is 20.2 Å². The second kappa shape index (κ2) is 7.93. The Balaban J connectivity index is 1.49. The van der Waals surface area contributed by atoms with Crippen LogP contribution in [-0.4, -0.2) is 11.2 Å². The summed E-state index contributed by atoms with van der Waals surface area (Å²) in [5.74, 6) is 6.57. The van der Waals surface area contributed by atoms with Gasteiger partial charge in [-0.15, -0.1) is 0 Å². The summed E-state index contributed by atoms with van der Waals surface area (Å²) in [5.41, 5.74) is 2.17. The van der Waals surface area contributed by atoms with E-state index in [9.17, 15) is 5.11 Å². The molecule has 1 nitrogen and oxygen atoms in total. The molecule has 0 amide bonds. The van der Waals surface area contributed by atoms with Crippen molar-refractivity contribution in [3.05, 3.63) is 23.8 Å². The van der Waals surface area contributed by atoms with Crippen molar-refractivity contribution < 1.29 is 5.11 Å². The summed E-state index contributed by atoms with van der Waals surface area (Å²) >= 11 is 0. The zero-order chi connectivity index (χ0) is 20.1. The molecular formula is C27H44O. The standard InChI is InChI=1S/C27H44O/c1-17(2)18(3)6-7-19(4)25-12-13-26-24-10-8-20-16-21(28)9-11-22(20)23(24)14-15-27(25,26)5/h6-8,17-19,21-26,28H,9-16H2,1-5H3. The monoisotopic (exact) mass is 384 g/mol. The molecule has 0 aromatic heterocycles. The lowest BCUT2D eigenvalue weighted by molar-refractivity contribution is -0.0246. The van der Waals surface area contributed by atoms with E-state index in [1.54, 1.807) is 5.57 Å². The molecule has 28 heavy (non-hydrogen) atoms. The Kier molecular flexibility index (Phi) is 5.87. The van der Waals surface area contributed by atoms with Gasteiger partial charge in [0, 0.05) is 0 Å². The van der Waals surface area contributed by atoms with Crippen molar-refractivity contribution in [2.75, 3.05) is 0 Å². The molecule has 1 N–H and O–H groups in total. The summed E-state index contributed by atoms with van der Waals surface area (Å²) in [4.78, 5) is 0. The molecule has 9 atom stereocenters. The van der Waals surface area contributed by atoms with Crippen molar-refractivity contribution in [3.63, 3.8) is 0 Å². The Morgan fingerprint density at radius 1 is 1.00 bits per heavy atom. The molecule has 0 spiro atoms. The number of rotatable bonds is 4. The van der Waals surface area contributed by atoms with E-state index in [1.165, 1.54) is 38.5 Å². The Morgan fingerprint density at radius 2 is 1.79 bits per heavy atom. The fourth-order valence-corrected chi connectivity index (χ4v) is 7.86. The molecule has 0 aromatic rings. The fourth-order valence-electron chi connectivity index (χ4n) is 7.86. The van der Waals surface area contributed by atoms with Crippen molar-refractivity contribution in [1.82, 2.24) is 0 Å². The summed E-state index contributed by atoms with van der Waals surface area (Å²) in [6, 6.07) is 0. The van der Waals surface area contributed by atoms with Crippen LogP contribution in [0.15, 0.2) is 23.8 Å². The number of aliphatic hydroxyl groups excluding tert-OH is 1. The third-order valence-corrected chi connectivity index (χ3v) is 9.90. The summed E-state index contributed by atoms with van der Waals surface area (Å²) in [6.45, 7) is 12.2. The Bertz CT molecular complexity index is 616. The predicted octanol–water partition coefficient (Wildman–Crippen LogP) is 7.02. The van der Waals surface area contributed by atoms with Crippen molar-refractivity contribution in [3.8, 4) is 0 Å². The van der Waals surface area contributed by atoms with Crippen molar-refractivity contribution in [2.24, 2.45) is 52.8 Å². The third kappa shape index (κ3) is 3.55. The smallest absolute Gasteiger partial charge is 0.0577 e. The van der Waals surface area contributed by atoms with Crippen LogP contribution in [0.2, 0.25) is 0 Å². The molecule has 0 heterocycles. The number of hydrogen-bond donors (Lipinski definition) is 1. The maximum Gasteiger partial charge on any atom is 0.0577 e. The van der Waals surface area contributed by atoms with E-state index in [4.69, 9.17) is 0 Å². The van der Waals surface area contributed by atoms with E-state index < -0.39 is 0 Å². The van der Waals surface area contributed by atoms with Crippen LogP contribution in [0.3, 0.4) is 0 Å². The van der Waals surface area contributed by atoms with Gasteiger partial charge in [-0.2, -0.15) is 0 Å². The quantitative estimate of drug-likeness (QED) is 0.516. The van der Waals surface area contributed by atoms with Crippen LogP contribution < -0.4 is 0 Å². The van der Waals surface area contributed by atoms with Gasteiger partial charge in [0.05, 0.1) is 6.10 Å². The van der Waals surface area contributed by atoms with Crippen LogP contribution in [-0.2, 0) is 0 Å². The van der Waals surface area contributed by atoms with Crippen LogP contribution in [0.5, 0.6) is 0 Å². The minimum absolute atomic E-state index is 0.0652. The van der Waals surface area contributed by atoms with Gasteiger partial charge in [0.25, 0.3) is 0 Å². The Hall–Kier alpha value is -0.560. The number of fused-ring (bicyclic) bond motifs is 5. The summed E-state index contributed by atoms with van der Waals surface area (Å²) < 4.78 is 0.